The summed E-state index contributed by atoms with van der Waals surface area (Å²) in [6.07, 6.45) is 2.16. The lowest BCUT2D eigenvalue weighted by molar-refractivity contribution is 0.590. The first-order chi connectivity index (χ1) is 22.2. The molecule has 47 heavy (non-hydrogen) atoms. The third-order valence-electron chi connectivity index (χ3n) is 10.6. The van der Waals surface area contributed by atoms with Crippen LogP contribution in [-0.4, -0.2) is 16.3 Å². The van der Waals surface area contributed by atoms with E-state index in [1.807, 2.05) is 0 Å². The summed E-state index contributed by atoms with van der Waals surface area (Å²) >= 11 is 0. The molecule has 2 aliphatic heterocycles. The maximum absolute atomic E-state index is 5.07. The number of rotatable bonds is 3. The third-order valence-corrected chi connectivity index (χ3v) is 10.6. The Labute approximate surface area is 280 Å². The van der Waals surface area contributed by atoms with Crippen LogP contribution in [0.15, 0.2) is 85.1 Å². The summed E-state index contributed by atoms with van der Waals surface area (Å²) in [7, 11) is 0. The number of benzene rings is 4. The number of hydrogen-bond acceptors (Lipinski definition) is 2. The molecule has 2 aliphatic rings. The minimum Gasteiger partial charge on any atom is -0.374 e. The van der Waals surface area contributed by atoms with Gasteiger partial charge in [-0.25, -0.2) is 0 Å². The minimum absolute atomic E-state index is 0.0209. The predicted molar refractivity (Wildman–Crippen MR) is 203 cm³/mol. The van der Waals surface area contributed by atoms with Crippen LogP contribution < -0.4 is 15.8 Å². The zero-order chi connectivity index (χ0) is 33.2. The van der Waals surface area contributed by atoms with E-state index in [-0.39, 0.29) is 17.7 Å². The molecule has 0 fully saturated rings. The van der Waals surface area contributed by atoms with Gasteiger partial charge in [-0.1, -0.05) is 106 Å². The van der Waals surface area contributed by atoms with E-state index in [1.165, 1.54) is 77.6 Å². The molecule has 0 saturated carbocycles. The van der Waals surface area contributed by atoms with E-state index < -0.39 is 0 Å². The van der Waals surface area contributed by atoms with Crippen LogP contribution in [0, 0.1) is 0 Å². The maximum Gasteiger partial charge on any atom is 0.333 e. The molecule has 0 aliphatic carbocycles. The molecule has 0 spiro atoms. The Balaban J connectivity index is 1.59. The monoisotopic (exact) mass is 615 g/mol. The van der Waals surface area contributed by atoms with Crippen LogP contribution in [0.25, 0.3) is 32.9 Å². The molecular weight excluding hydrogens is 569 g/mol. The van der Waals surface area contributed by atoms with E-state index in [0.29, 0.717) is 11.8 Å². The first-order valence-electron chi connectivity index (χ1n) is 17.4. The van der Waals surface area contributed by atoms with Crippen LogP contribution in [0.5, 0.6) is 0 Å². The van der Waals surface area contributed by atoms with E-state index in [2.05, 4.69) is 164 Å². The Morgan fingerprint density at radius 1 is 0.660 bits per heavy atom. The maximum atomic E-state index is 5.07. The Kier molecular flexibility index (Phi) is 6.46. The van der Waals surface area contributed by atoms with Crippen LogP contribution >= 0.6 is 0 Å². The molecular formula is C43H46BN3. The standard InChI is InChI=1S/C43H46BN3/c1-25(2)27-18-33-31-23-36(26(3)4)45-24-39(31)47-41(33)34(19-27)32-20-29(43(8,9)10)22-38-40(32)44(47)35-17-16-28(42(5,6)7)21-37(35)46(38)30-14-12-11-13-15-30/h11-26H,1-10H3. The zero-order valence-corrected chi connectivity index (χ0v) is 29.7. The predicted octanol–water partition coefficient (Wildman–Crippen LogP) is 10.4. The molecule has 0 unspecified atom stereocenters. The Bertz CT molecular complexity index is 2220. The minimum atomic E-state index is -0.0219. The van der Waals surface area contributed by atoms with Gasteiger partial charge < -0.3 is 9.38 Å². The van der Waals surface area contributed by atoms with Crippen molar-refractivity contribution in [2.24, 2.45) is 0 Å². The van der Waals surface area contributed by atoms with Crippen molar-refractivity contribution in [3.8, 4) is 11.1 Å². The number of hydrogen-bond donors (Lipinski definition) is 0. The lowest BCUT2D eigenvalue weighted by atomic mass is 9.44. The van der Waals surface area contributed by atoms with Crippen molar-refractivity contribution in [1.82, 2.24) is 9.46 Å². The Morgan fingerprint density at radius 3 is 2.02 bits per heavy atom. The summed E-state index contributed by atoms with van der Waals surface area (Å²) in [6, 6.07) is 30.6. The quantitative estimate of drug-likeness (QED) is 0.184. The highest BCUT2D eigenvalue weighted by molar-refractivity contribution is 6.90. The van der Waals surface area contributed by atoms with Crippen LogP contribution in [0.1, 0.15) is 103 Å². The van der Waals surface area contributed by atoms with Gasteiger partial charge in [-0.05, 0) is 98.3 Å². The van der Waals surface area contributed by atoms with Gasteiger partial charge in [0.2, 0.25) is 0 Å². The number of pyridine rings is 1. The van der Waals surface area contributed by atoms with E-state index in [0.717, 1.165) is 5.69 Å². The summed E-state index contributed by atoms with van der Waals surface area (Å²) < 4.78 is 2.64. The van der Waals surface area contributed by atoms with E-state index in [1.54, 1.807) is 0 Å². The van der Waals surface area contributed by atoms with Gasteiger partial charge in [0.25, 0.3) is 0 Å². The largest absolute Gasteiger partial charge is 0.374 e. The average Bonchev–Trinajstić information content (AvgIpc) is 3.35. The number of fused-ring (bicyclic) bond motifs is 7. The topological polar surface area (TPSA) is 21.1 Å². The molecule has 8 rings (SSSR count). The van der Waals surface area contributed by atoms with Gasteiger partial charge >= 0.3 is 6.85 Å². The molecule has 0 amide bonds. The van der Waals surface area contributed by atoms with Gasteiger partial charge in [-0.3, -0.25) is 4.98 Å². The molecule has 4 heteroatoms. The summed E-state index contributed by atoms with van der Waals surface area (Å²) in [5, 5.41) is 2.66. The van der Waals surface area contributed by atoms with Gasteiger partial charge in [0.15, 0.2) is 0 Å². The zero-order valence-electron chi connectivity index (χ0n) is 29.7. The second-order valence-electron chi connectivity index (χ2n) is 16.6. The van der Waals surface area contributed by atoms with Gasteiger partial charge in [-0.2, -0.15) is 0 Å². The molecule has 6 aromatic rings. The van der Waals surface area contributed by atoms with Crippen LogP contribution in [0.4, 0.5) is 17.1 Å². The van der Waals surface area contributed by atoms with Crippen molar-refractivity contribution >= 4 is 56.6 Å². The highest BCUT2D eigenvalue weighted by Gasteiger charge is 2.44. The normalized spacial score (nSPS) is 14.0. The Morgan fingerprint density at radius 2 is 1.36 bits per heavy atom. The molecule has 0 radical (unpaired) electrons. The molecule has 2 aromatic heterocycles. The number of nitrogens with zero attached hydrogens (tertiary/aromatic N) is 3. The van der Waals surface area contributed by atoms with Gasteiger partial charge in [0, 0.05) is 44.6 Å². The van der Waals surface area contributed by atoms with Crippen LogP contribution in [-0.2, 0) is 10.8 Å². The van der Waals surface area contributed by atoms with Crippen molar-refractivity contribution in [2.45, 2.75) is 91.9 Å². The summed E-state index contributed by atoms with van der Waals surface area (Å²) in [5.41, 5.74) is 17.0. The smallest absolute Gasteiger partial charge is 0.333 e. The fraction of sp³-hybridized carbons (Fsp3) is 0.326. The Hall–Kier alpha value is -4.31. The van der Waals surface area contributed by atoms with Crippen molar-refractivity contribution in [3.63, 3.8) is 0 Å². The fourth-order valence-corrected chi connectivity index (χ4v) is 7.85. The van der Waals surface area contributed by atoms with E-state index in [9.17, 15) is 0 Å². The van der Waals surface area contributed by atoms with Crippen LogP contribution in [0.3, 0.4) is 0 Å². The molecule has 0 atom stereocenters. The lowest BCUT2D eigenvalue weighted by Gasteiger charge is -2.42. The fourth-order valence-electron chi connectivity index (χ4n) is 7.85. The van der Waals surface area contributed by atoms with Crippen molar-refractivity contribution < 1.29 is 0 Å². The molecule has 0 bridgehead atoms. The van der Waals surface area contributed by atoms with Gasteiger partial charge in [0.1, 0.15) is 0 Å². The lowest BCUT2D eigenvalue weighted by Crippen LogP contribution is -2.57. The number of para-hydroxylation sites is 1. The highest BCUT2D eigenvalue weighted by atomic mass is 15.2. The molecule has 0 N–H and O–H groups in total. The second kappa shape index (κ2) is 10.1. The SMILES string of the molecule is CC(C)c1cc2c3c(c1)c1cc(C(C)C)ncc1n3B1c3ccc(C(C)(C)C)cc3N(c3ccccc3)c3cc(C(C)(C)C)cc-2c31. The molecule has 0 saturated heterocycles. The first-order valence-corrected chi connectivity index (χ1v) is 17.4. The van der Waals surface area contributed by atoms with Crippen molar-refractivity contribution in [3.05, 3.63) is 107 Å². The summed E-state index contributed by atoms with van der Waals surface area (Å²) in [5.74, 6) is 0.775. The number of anilines is 3. The summed E-state index contributed by atoms with van der Waals surface area (Å²) in [6.45, 7) is 23.2. The van der Waals surface area contributed by atoms with Crippen molar-refractivity contribution in [2.75, 3.05) is 4.90 Å². The van der Waals surface area contributed by atoms with Crippen LogP contribution in [0.2, 0.25) is 0 Å². The number of aromatic nitrogens is 2. The highest BCUT2D eigenvalue weighted by Crippen LogP contribution is 2.48. The molecule has 236 valence electrons. The van der Waals surface area contributed by atoms with E-state index >= 15 is 0 Å². The molecule has 4 heterocycles. The van der Waals surface area contributed by atoms with E-state index in [4.69, 9.17) is 4.98 Å². The van der Waals surface area contributed by atoms with Crippen molar-refractivity contribution in [1.29, 1.82) is 0 Å². The van der Waals surface area contributed by atoms with Gasteiger partial charge in [0.05, 0.1) is 11.7 Å². The second-order valence-corrected chi connectivity index (χ2v) is 16.6. The third kappa shape index (κ3) is 4.44. The average molecular weight is 616 g/mol. The molecule has 3 nitrogen and oxygen atoms in total. The summed E-state index contributed by atoms with van der Waals surface area (Å²) in [4.78, 5) is 7.61. The molecule has 4 aromatic carbocycles. The van der Waals surface area contributed by atoms with Gasteiger partial charge in [-0.15, -0.1) is 0 Å². The first kappa shape index (κ1) is 30.1.